The SMILES string of the molecule is Cc1c(Cl)ccc2sc(N(Cc3ccccc3)C(=O)/C=C/c3ccccc3Cl)nc12. The molecule has 0 bridgehead atoms. The van der Waals surface area contributed by atoms with Gasteiger partial charge in [0.15, 0.2) is 5.13 Å². The molecule has 1 aromatic heterocycles. The highest BCUT2D eigenvalue weighted by atomic mass is 35.5. The van der Waals surface area contributed by atoms with Crippen molar-refractivity contribution in [3.63, 3.8) is 0 Å². The molecule has 0 radical (unpaired) electrons. The van der Waals surface area contributed by atoms with Crippen molar-refractivity contribution in [1.82, 2.24) is 4.98 Å². The van der Waals surface area contributed by atoms with E-state index in [4.69, 9.17) is 28.2 Å². The number of nitrogens with zero attached hydrogens (tertiary/aromatic N) is 2. The molecule has 0 unspecified atom stereocenters. The molecule has 6 heteroatoms. The van der Waals surface area contributed by atoms with Crippen LogP contribution in [0.2, 0.25) is 10.0 Å². The van der Waals surface area contributed by atoms with Gasteiger partial charge < -0.3 is 0 Å². The van der Waals surface area contributed by atoms with Gasteiger partial charge >= 0.3 is 0 Å². The molecule has 1 amide bonds. The summed E-state index contributed by atoms with van der Waals surface area (Å²) < 4.78 is 0.993. The Hall–Kier alpha value is -2.66. The monoisotopic (exact) mass is 452 g/mol. The second-order valence-corrected chi connectivity index (χ2v) is 8.60. The van der Waals surface area contributed by atoms with Crippen LogP contribution in [0.5, 0.6) is 0 Å². The fourth-order valence-electron chi connectivity index (χ4n) is 3.07. The van der Waals surface area contributed by atoms with Crippen LogP contribution in [0, 0.1) is 6.92 Å². The third kappa shape index (κ3) is 4.41. The van der Waals surface area contributed by atoms with Crippen LogP contribution in [0.25, 0.3) is 16.3 Å². The summed E-state index contributed by atoms with van der Waals surface area (Å²) in [5.41, 5.74) is 3.55. The summed E-state index contributed by atoms with van der Waals surface area (Å²) in [5.74, 6) is -0.165. The molecule has 3 aromatic carbocycles. The first-order valence-corrected chi connectivity index (χ1v) is 10.9. The summed E-state index contributed by atoms with van der Waals surface area (Å²) in [6.07, 6.45) is 3.27. The average molecular weight is 453 g/mol. The van der Waals surface area contributed by atoms with E-state index in [0.717, 1.165) is 26.9 Å². The van der Waals surface area contributed by atoms with Crippen molar-refractivity contribution in [2.24, 2.45) is 0 Å². The number of halogens is 2. The van der Waals surface area contributed by atoms with Crippen LogP contribution in [-0.2, 0) is 11.3 Å². The molecular weight excluding hydrogens is 435 g/mol. The number of hydrogen-bond donors (Lipinski definition) is 0. The molecule has 0 spiro atoms. The summed E-state index contributed by atoms with van der Waals surface area (Å²) >= 11 is 14.0. The van der Waals surface area contributed by atoms with Gasteiger partial charge in [-0.15, -0.1) is 0 Å². The van der Waals surface area contributed by atoms with Gasteiger partial charge in [-0.05, 0) is 47.9 Å². The van der Waals surface area contributed by atoms with Crippen molar-refractivity contribution in [2.75, 3.05) is 4.90 Å². The molecule has 0 aliphatic rings. The maximum absolute atomic E-state index is 13.2. The van der Waals surface area contributed by atoms with Crippen molar-refractivity contribution < 1.29 is 4.79 Å². The van der Waals surface area contributed by atoms with E-state index in [1.165, 1.54) is 17.4 Å². The second kappa shape index (κ2) is 9.00. The number of benzene rings is 3. The third-order valence-electron chi connectivity index (χ3n) is 4.73. The van der Waals surface area contributed by atoms with Gasteiger partial charge in [0, 0.05) is 16.1 Å². The quantitative estimate of drug-likeness (QED) is 0.301. The third-order valence-corrected chi connectivity index (χ3v) is 6.52. The zero-order valence-corrected chi connectivity index (χ0v) is 18.5. The van der Waals surface area contributed by atoms with Crippen LogP contribution in [0.15, 0.2) is 72.8 Å². The number of aromatic nitrogens is 1. The van der Waals surface area contributed by atoms with Gasteiger partial charge in [0.25, 0.3) is 5.91 Å². The number of aryl methyl sites for hydroxylation is 1. The molecule has 4 rings (SSSR count). The lowest BCUT2D eigenvalue weighted by atomic mass is 10.2. The van der Waals surface area contributed by atoms with Crippen LogP contribution in [-0.4, -0.2) is 10.9 Å². The minimum absolute atomic E-state index is 0.165. The number of thiazole rings is 1. The number of anilines is 1. The minimum atomic E-state index is -0.165. The van der Waals surface area contributed by atoms with E-state index in [0.29, 0.717) is 21.7 Å². The highest BCUT2D eigenvalue weighted by Crippen LogP contribution is 2.34. The van der Waals surface area contributed by atoms with Gasteiger partial charge in [0.05, 0.1) is 16.8 Å². The summed E-state index contributed by atoms with van der Waals surface area (Å²) in [5, 5.41) is 1.90. The fraction of sp³-hybridized carbons (Fsp3) is 0.0833. The van der Waals surface area contributed by atoms with E-state index in [2.05, 4.69) is 0 Å². The minimum Gasteiger partial charge on any atom is -0.280 e. The molecular formula is C24H18Cl2N2OS. The Labute approximate surface area is 189 Å². The largest absolute Gasteiger partial charge is 0.280 e. The van der Waals surface area contributed by atoms with Gasteiger partial charge in [-0.3, -0.25) is 9.69 Å². The number of hydrogen-bond acceptors (Lipinski definition) is 3. The zero-order chi connectivity index (χ0) is 21.1. The number of amides is 1. The Balaban J connectivity index is 1.72. The van der Waals surface area contributed by atoms with E-state index >= 15 is 0 Å². The zero-order valence-electron chi connectivity index (χ0n) is 16.2. The Kier molecular flexibility index (Phi) is 6.18. The molecule has 0 aliphatic carbocycles. The first kappa shape index (κ1) is 20.6. The smallest absolute Gasteiger partial charge is 0.253 e. The molecule has 30 heavy (non-hydrogen) atoms. The lowest BCUT2D eigenvalue weighted by Gasteiger charge is -2.18. The van der Waals surface area contributed by atoms with Crippen LogP contribution < -0.4 is 4.90 Å². The number of carbonyl (C=O) groups excluding carboxylic acids is 1. The van der Waals surface area contributed by atoms with Crippen molar-refractivity contribution in [3.05, 3.63) is 99.5 Å². The average Bonchev–Trinajstić information content (AvgIpc) is 3.19. The Morgan fingerprint density at radius 3 is 2.50 bits per heavy atom. The summed E-state index contributed by atoms with van der Waals surface area (Å²) in [7, 11) is 0. The van der Waals surface area contributed by atoms with E-state index < -0.39 is 0 Å². The Morgan fingerprint density at radius 1 is 1.00 bits per heavy atom. The lowest BCUT2D eigenvalue weighted by molar-refractivity contribution is -0.114. The molecule has 0 fully saturated rings. The standard InChI is InChI=1S/C24H18Cl2N2OS/c1-16-19(25)12-13-21-23(16)27-24(30-21)28(15-17-7-3-2-4-8-17)22(29)14-11-18-9-5-6-10-20(18)26/h2-14H,15H2,1H3/b14-11+. The molecule has 0 saturated heterocycles. The molecule has 0 atom stereocenters. The predicted molar refractivity (Wildman–Crippen MR) is 127 cm³/mol. The van der Waals surface area contributed by atoms with Gasteiger partial charge in [-0.2, -0.15) is 0 Å². The van der Waals surface area contributed by atoms with Crippen LogP contribution in [0.4, 0.5) is 5.13 Å². The van der Waals surface area contributed by atoms with Crippen molar-refractivity contribution in [1.29, 1.82) is 0 Å². The molecule has 0 aliphatic heterocycles. The molecule has 3 nitrogen and oxygen atoms in total. The predicted octanol–water partition coefficient (Wildman–Crippen LogP) is 7.16. The van der Waals surface area contributed by atoms with Crippen LogP contribution in [0.1, 0.15) is 16.7 Å². The topological polar surface area (TPSA) is 33.2 Å². The van der Waals surface area contributed by atoms with E-state index in [1.54, 1.807) is 17.0 Å². The Morgan fingerprint density at radius 2 is 1.73 bits per heavy atom. The van der Waals surface area contributed by atoms with Crippen LogP contribution in [0.3, 0.4) is 0 Å². The second-order valence-electron chi connectivity index (χ2n) is 6.78. The Bertz CT molecular complexity index is 1230. The number of rotatable bonds is 5. The van der Waals surface area contributed by atoms with E-state index in [1.807, 2.05) is 67.6 Å². The molecule has 4 aromatic rings. The van der Waals surface area contributed by atoms with Gasteiger partial charge in [-0.25, -0.2) is 4.98 Å². The molecule has 150 valence electrons. The fourth-order valence-corrected chi connectivity index (χ4v) is 4.45. The summed E-state index contributed by atoms with van der Waals surface area (Å²) in [6.45, 7) is 2.36. The lowest BCUT2D eigenvalue weighted by Crippen LogP contribution is -2.28. The highest BCUT2D eigenvalue weighted by molar-refractivity contribution is 7.22. The summed E-state index contributed by atoms with van der Waals surface area (Å²) in [4.78, 5) is 19.6. The van der Waals surface area contributed by atoms with Gasteiger partial charge in [-0.1, -0.05) is 83.1 Å². The molecule has 1 heterocycles. The van der Waals surface area contributed by atoms with E-state index in [-0.39, 0.29) is 5.91 Å². The first-order valence-electron chi connectivity index (χ1n) is 9.36. The maximum Gasteiger partial charge on any atom is 0.253 e. The highest BCUT2D eigenvalue weighted by Gasteiger charge is 2.19. The van der Waals surface area contributed by atoms with Crippen molar-refractivity contribution in [3.8, 4) is 0 Å². The number of fused-ring (bicyclic) bond motifs is 1. The first-order chi connectivity index (χ1) is 14.5. The number of carbonyl (C=O) groups is 1. The normalized spacial score (nSPS) is 11.3. The van der Waals surface area contributed by atoms with Crippen molar-refractivity contribution in [2.45, 2.75) is 13.5 Å². The molecule has 0 saturated carbocycles. The van der Waals surface area contributed by atoms with Crippen LogP contribution >= 0.6 is 34.5 Å². The molecule has 0 N–H and O–H groups in total. The van der Waals surface area contributed by atoms with Gasteiger partial charge in [0.1, 0.15) is 0 Å². The summed E-state index contributed by atoms with van der Waals surface area (Å²) in [6, 6.07) is 21.1. The van der Waals surface area contributed by atoms with E-state index in [9.17, 15) is 4.79 Å². The van der Waals surface area contributed by atoms with Crippen molar-refractivity contribution >= 4 is 61.9 Å². The maximum atomic E-state index is 13.2. The van der Waals surface area contributed by atoms with Gasteiger partial charge in [0.2, 0.25) is 0 Å².